The Morgan fingerprint density at radius 1 is 1.10 bits per heavy atom. The molecule has 3 aliphatic rings. The van der Waals surface area contributed by atoms with Crippen molar-refractivity contribution in [2.24, 2.45) is 0 Å². The SMILES string of the molecule is Cc1c2c(cc3c1O/C(=C\c1ccc4c(c1)OCO4)C3=O)CN(Cc1cccs1)CO2. The molecule has 2 aromatic carbocycles. The number of ketones is 1. The average molecular weight is 433 g/mol. The lowest BCUT2D eigenvalue weighted by Gasteiger charge is -2.30. The first-order chi connectivity index (χ1) is 15.2. The first kappa shape index (κ1) is 18.5. The molecule has 0 amide bonds. The van der Waals surface area contributed by atoms with Gasteiger partial charge in [-0.1, -0.05) is 12.1 Å². The van der Waals surface area contributed by atoms with Crippen molar-refractivity contribution in [2.45, 2.75) is 20.0 Å². The smallest absolute Gasteiger partial charge is 0.231 e. The van der Waals surface area contributed by atoms with Crippen LogP contribution in [-0.2, 0) is 13.1 Å². The Morgan fingerprint density at radius 2 is 2.00 bits per heavy atom. The van der Waals surface area contributed by atoms with Crippen LogP contribution < -0.4 is 18.9 Å². The van der Waals surface area contributed by atoms with E-state index in [1.165, 1.54) is 4.88 Å². The topological polar surface area (TPSA) is 57.2 Å². The van der Waals surface area contributed by atoms with Gasteiger partial charge in [-0.15, -0.1) is 11.3 Å². The number of thiophene rings is 1. The normalized spacial score (nSPS) is 18.0. The molecule has 7 heteroatoms. The zero-order chi connectivity index (χ0) is 20.9. The van der Waals surface area contributed by atoms with E-state index in [9.17, 15) is 4.79 Å². The van der Waals surface area contributed by atoms with Gasteiger partial charge in [-0.05, 0) is 48.2 Å². The number of benzene rings is 2. The number of allylic oxidation sites excluding steroid dienone is 1. The molecule has 0 radical (unpaired) electrons. The predicted molar refractivity (Wildman–Crippen MR) is 116 cm³/mol. The van der Waals surface area contributed by atoms with Crippen LogP contribution in [0.1, 0.15) is 31.9 Å². The summed E-state index contributed by atoms with van der Waals surface area (Å²) in [5.41, 5.74) is 3.29. The van der Waals surface area contributed by atoms with Crippen LogP contribution in [0.15, 0.2) is 47.5 Å². The quantitative estimate of drug-likeness (QED) is 0.556. The van der Waals surface area contributed by atoms with E-state index in [1.807, 2.05) is 31.2 Å². The Kier molecular flexibility index (Phi) is 4.26. The molecule has 0 bridgehead atoms. The third-order valence-electron chi connectivity index (χ3n) is 5.66. The van der Waals surface area contributed by atoms with Gasteiger partial charge in [0, 0.05) is 29.1 Å². The lowest BCUT2D eigenvalue weighted by molar-refractivity contribution is 0.0886. The molecule has 0 unspecified atom stereocenters. The Morgan fingerprint density at radius 3 is 2.87 bits per heavy atom. The van der Waals surface area contributed by atoms with Crippen molar-refractivity contribution < 1.29 is 23.7 Å². The molecule has 0 atom stereocenters. The highest BCUT2D eigenvalue weighted by molar-refractivity contribution is 7.09. The Hall–Kier alpha value is -3.29. The third-order valence-corrected chi connectivity index (χ3v) is 6.52. The maximum Gasteiger partial charge on any atom is 0.231 e. The molecule has 0 saturated heterocycles. The van der Waals surface area contributed by atoms with Crippen molar-refractivity contribution in [1.29, 1.82) is 0 Å². The van der Waals surface area contributed by atoms with Crippen molar-refractivity contribution in [2.75, 3.05) is 13.5 Å². The minimum Gasteiger partial charge on any atom is -0.477 e. The summed E-state index contributed by atoms with van der Waals surface area (Å²) >= 11 is 1.73. The Balaban J connectivity index is 1.29. The van der Waals surface area contributed by atoms with Crippen LogP contribution in [0.25, 0.3) is 6.08 Å². The van der Waals surface area contributed by atoms with Crippen LogP contribution in [0.5, 0.6) is 23.0 Å². The molecule has 4 heterocycles. The molecule has 6 nitrogen and oxygen atoms in total. The van der Waals surface area contributed by atoms with E-state index in [4.69, 9.17) is 18.9 Å². The molecule has 6 rings (SSSR count). The van der Waals surface area contributed by atoms with E-state index < -0.39 is 0 Å². The first-order valence-electron chi connectivity index (χ1n) is 10.0. The third kappa shape index (κ3) is 3.17. The number of nitrogens with zero attached hydrogens (tertiary/aromatic N) is 1. The predicted octanol–water partition coefficient (Wildman–Crippen LogP) is 4.75. The molecule has 0 spiro atoms. The fourth-order valence-electron chi connectivity index (χ4n) is 4.18. The summed E-state index contributed by atoms with van der Waals surface area (Å²) in [4.78, 5) is 16.6. The minimum absolute atomic E-state index is 0.117. The zero-order valence-corrected chi connectivity index (χ0v) is 17.7. The Labute approximate surface area is 183 Å². The van der Waals surface area contributed by atoms with Gasteiger partial charge in [-0.2, -0.15) is 0 Å². The van der Waals surface area contributed by atoms with Crippen molar-refractivity contribution >= 4 is 23.2 Å². The summed E-state index contributed by atoms with van der Waals surface area (Å²) in [6, 6.07) is 11.7. The molecule has 0 N–H and O–H groups in total. The fourth-order valence-corrected chi connectivity index (χ4v) is 4.92. The summed E-state index contributed by atoms with van der Waals surface area (Å²) in [5.74, 6) is 2.96. The highest BCUT2D eigenvalue weighted by atomic mass is 32.1. The van der Waals surface area contributed by atoms with Crippen LogP contribution in [0.3, 0.4) is 0 Å². The van der Waals surface area contributed by atoms with E-state index in [2.05, 4.69) is 22.4 Å². The first-order valence-corrected chi connectivity index (χ1v) is 10.9. The molecular formula is C24H19NO5S. The summed E-state index contributed by atoms with van der Waals surface area (Å²) in [6.45, 7) is 4.23. The molecule has 3 aliphatic heterocycles. The van der Waals surface area contributed by atoms with Gasteiger partial charge < -0.3 is 18.9 Å². The summed E-state index contributed by atoms with van der Waals surface area (Å²) < 4.78 is 22.8. The number of hydrogen-bond donors (Lipinski definition) is 0. The lowest BCUT2D eigenvalue weighted by atomic mass is 10.00. The van der Waals surface area contributed by atoms with Crippen molar-refractivity contribution in [3.63, 3.8) is 0 Å². The van der Waals surface area contributed by atoms with Crippen molar-refractivity contribution in [1.82, 2.24) is 4.90 Å². The summed E-state index contributed by atoms with van der Waals surface area (Å²) in [7, 11) is 0. The van der Waals surface area contributed by atoms with Crippen LogP contribution in [0.4, 0.5) is 0 Å². The fraction of sp³-hybridized carbons (Fsp3) is 0.208. The molecule has 0 aliphatic carbocycles. The van der Waals surface area contributed by atoms with Crippen molar-refractivity contribution in [3.05, 3.63) is 74.7 Å². The molecule has 0 fully saturated rings. The molecule has 31 heavy (non-hydrogen) atoms. The lowest BCUT2D eigenvalue weighted by Crippen LogP contribution is -2.31. The standard InChI is InChI=1S/C24H19NO5S/c1-14-23-16(10-25(12-27-23)11-17-3-2-6-31-17)9-18-22(26)21(30-24(14)18)8-15-4-5-19-20(7-15)29-13-28-19/h2-9H,10-13H2,1H3/b21-8-. The molecule has 1 aromatic heterocycles. The minimum atomic E-state index is -0.117. The highest BCUT2D eigenvalue weighted by Gasteiger charge is 2.33. The van der Waals surface area contributed by atoms with Gasteiger partial charge in [0.05, 0.1) is 5.56 Å². The largest absolute Gasteiger partial charge is 0.477 e. The van der Waals surface area contributed by atoms with Crippen LogP contribution >= 0.6 is 11.3 Å². The van der Waals surface area contributed by atoms with Crippen LogP contribution in [0, 0.1) is 6.92 Å². The van der Waals surface area contributed by atoms with Gasteiger partial charge in [0.1, 0.15) is 18.2 Å². The van der Waals surface area contributed by atoms with Gasteiger partial charge >= 0.3 is 0 Å². The number of carbonyl (C=O) groups is 1. The second-order valence-corrected chi connectivity index (χ2v) is 8.79. The van der Waals surface area contributed by atoms with Gasteiger partial charge in [0.2, 0.25) is 12.6 Å². The number of hydrogen-bond acceptors (Lipinski definition) is 7. The van der Waals surface area contributed by atoms with Gasteiger partial charge in [-0.3, -0.25) is 9.69 Å². The highest BCUT2D eigenvalue weighted by Crippen LogP contribution is 2.43. The maximum absolute atomic E-state index is 13.1. The number of ether oxygens (including phenoxy) is 4. The Bertz CT molecular complexity index is 1230. The summed E-state index contributed by atoms with van der Waals surface area (Å²) in [6.07, 6.45) is 1.74. The summed E-state index contributed by atoms with van der Waals surface area (Å²) in [5, 5.41) is 2.08. The van der Waals surface area contributed by atoms with Gasteiger partial charge in [0.25, 0.3) is 0 Å². The van der Waals surface area contributed by atoms with E-state index in [1.54, 1.807) is 17.4 Å². The van der Waals surface area contributed by atoms with E-state index in [0.717, 1.165) is 35.5 Å². The molecular weight excluding hydrogens is 414 g/mol. The number of rotatable bonds is 3. The second-order valence-electron chi connectivity index (χ2n) is 7.76. The van der Waals surface area contributed by atoms with E-state index >= 15 is 0 Å². The van der Waals surface area contributed by atoms with Crippen LogP contribution in [-0.4, -0.2) is 24.2 Å². The van der Waals surface area contributed by atoms with E-state index in [-0.39, 0.29) is 12.6 Å². The van der Waals surface area contributed by atoms with E-state index in [0.29, 0.717) is 35.3 Å². The van der Waals surface area contributed by atoms with Gasteiger partial charge in [-0.25, -0.2) is 0 Å². The number of Topliss-reactive ketones (excluding diaryl/α,β-unsaturated/α-hetero) is 1. The number of fused-ring (bicyclic) bond motifs is 3. The van der Waals surface area contributed by atoms with Crippen molar-refractivity contribution in [3.8, 4) is 23.0 Å². The second kappa shape index (κ2) is 7.14. The maximum atomic E-state index is 13.1. The van der Waals surface area contributed by atoms with Crippen LogP contribution in [0.2, 0.25) is 0 Å². The monoisotopic (exact) mass is 433 g/mol. The zero-order valence-electron chi connectivity index (χ0n) is 16.8. The molecule has 156 valence electrons. The molecule has 3 aromatic rings. The number of carbonyl (C=O) groups excluding carboxylic acids is 1. The average Bonchev–Trinajstić information content (AvgIpc) is 3.51. The van der Waals surface area contributed by atoms with Gasteiger partial charge in [0.15, 0.2) is 17.3 Å². The molecule has 0 saturated carbocycles.